The summed E-state index contributed by atoms with van der Waals surface area (Å²) in [6.07, 6.45) is 3.61. The highest BCUT2D eigenvalue weighted by Crippen LogP contribution is 2.49. The highest BCUT2D eigenvalue weighted by molar-refractivity contribution is 9.10. The van der Waals surface area contributed by atoms with Crippen molar-refractivity contribution in [3.8, 4) is 0 Å². The number of carbonyl (C=O) groups excluding carboxylic acids is 1. The maximum Gasteiger partial charge on any atom is 0.252 e. The van der Waals surface area contributed by atoms with Gasteiger partial charge in [-0.1, -0.05) is 15.9 Å². The van der Waals surface area contributed by atoms with E-state index >= 15 is 0 Å². The predicted octanol–water partition coefficient (Wildman–Crippen LogP) is 2.24. The molecule has 0 atom stereocenters. The van der Waals surface area contributed by atoms with Crippen molar-refractivity contribution in [1.29, 1.82) is 0 Å². The monoisotopic (exact) mass is 277 g/mol. The van der Waals surface area contributed by atoms with Gasteiger partial charge in [0, 0.05) is 9.86 Å². The fourth-order valence-corrected chi connectivity index (χ4v) is 2.92. The van der Waals surface area contributed by atoms with E-state index < -0.39 is 0 Å². The van der Waals surface area contributed by atoms with E-state index in [1.165, 1.54) is 0 Å². The van der Waals surface area contributed by atoms with Crippen molar-refractivity contribution >= 4 is 38.4 Å². The number of aromatic nitrogens is 2. The molecule has 0 saturated heterocycles. The molecule has 80 valence electrons. The summed E-state index contributed by atoms with van der Waals surface area (Å²) in [5.41, 5.74) is 1.51. The van der Waals surface area contributed by atoms with Crippen LogP contribution in [0.4, 0.5) is 5.69 Å². The third-order valence-electron chi connectivity index (χ3n) is 3.43. The largest absolute Gasteiger partial charge is 0.322 e. The number of fused-ring (bicyclic) bond motifs is 1. The molecule has 0 unspecified atom stereocenters. The second-order valence-corrected chi connectivity index (χ2v) is 5.35. The number of carbonyl (C=O) groups is 1. The minimum atomic E-state index is -0.386. The molecule has 0 bridgehead atoms. The molecule has 1 saturated carbocycles. The molecule has 1 aliphatic carbocycles. The van der Waals surface area contributed by atoms with E-state index in [-0.39, 0.29) is 11.4 Å². The van der Waals surface area contributed by atoms with Crippen LogP contribution in [0.25, 0.3) is 10.9 Å². The van der Waals surface area contributed by atoms with Gasteiger partial charge in [0.2, 0.25) is 0 Å². The van der Waals surface area contributed by atoms with Gasteiger partial charge in [0.1, 0.15) is 5.54 Å². The van der Waals surface area contributed by atoms with E-state index in [4.69, 9.17) is 0 Å². The summed E-state index contributed by atoms with van der Waals surface area (Å²) < 4.78 is 2.85. The molecule has 1 amide bonds. The molecule has 1 spiro atoms. The van der Waals surface area contributed by atoms with Gasteiger partial charge in [-0.05, 0) is 25.0 Å². The van der Waals surface area contributed by atoms with Crippen LogP contribution in [0.15, 0.2) is 22.8 Å². The fourth-order valence-electron chi connectivity index (χ4n) is 2.44. The molecular formula is C11H8BrN3O. The fraction of sp³-hybridized carbons (Fsp3) is 0.273. The number of benzene rings is 1. The van der Waals surface area contributed by atoms with Crippen molar-refractivity contribution < 1.29 is 4.79 Å². The van der Waals surface area contributed by atoms with E-state index in [1.54, 1.807) is 0 Å². The molecule has 5 heteroatoms. The quantitative estimate of drug-likeness (QED) is 0.803. The summed E-state index contributed by atoms with van der Waals surface area (Å²) in [6, 6.07) is 3.95. The molecule has 2 aromatic rings. The number of nitrogens with zero attached hydrogens (tertiary/aromatic N) is 2. The first-order valence-electron chi connectivity index (χ1n) is 5.20. The van der Waals surface area contributed by atoms with E-state index in [1.807, 2.05) is 23.0 Å². The molecule has 2 heterocycles. The molecular weight excluding hydrogens is 270 g/mol. The summed E-state index contributed by atoms with van der Waals surface area (Å²) in [6.45, 7) is 0. The van der Waals surface area contributed by atoms with Crippen molar-refractivity contribution in [2.75, 3.05) is 5.32 Å². The van der Waals surface area contributed by atoms with E-state index in [0.29, 0.717) is 0 Å². The van der Waals surface area contributed by atoms with Crippen molar-refractivity contribution in [3.63, 3.8) is 0 Å². The van der Waals surface area contributed by atoms with Gasteiger partial charge in [-0.2, -0.15) is 5.10 Å². The van der Waals surface area contributed by atoms with Gasteiger partial charge in [0.05, 0.1) is 17.4 Å². The number of nitrogens with one attached hydrogen (secondary N) is 1. The zero-order valence-electron chi connectivity index (χ0n) is 8.33. The third kappa shape index (κ3) is 0.859. The van der Waals surface area contributed by atoms with Gasteiger partial charge >= 0.3 is 0 Å². The lowest BCUT2D eigenvalue weighted by Crippen LogP contribution is -2.37. The number of halogens is 1. The van der Waals surface area contributed by atoms with Crippen molar-refractivity contribution in [3.05, 3.63) is 22.8 Å². The molecule has 16 heavy (non-hydrogen) atoms. The minimum absolute atomic E-state index is 0.0723. The Bertz CT molecular complexity index is 642. The van der Waals surface area contributed by atoms with Crippen LogP contribution >= 0.6 is 15.9 Å². The van der Waals surface area contributed by atoms with Gasteiger partial charge in [-0.15, -0.1) is 0 Å². The normalized spacial score (nSPS) is 20.2. The number of amides is 1. The number of rotatable bonds is 0. The molecule has 1 fully saturated rings. The maximum atomic E-state index is 12.0. The van der Waals surface area contributed by atoms with Crippen LogP contribution < -0.4 is 5.32 Å². The maximum absolute atomic E-state index is 12.0. The Morgan fingerprint density at radius 3 is 3.00 bits per heavy atom. The number of hydrogen-bond acceptors (Lipinski definition) is 2. The van der Waals surface area contributed by atoms with Crippen molar-refractivity contribution in [1.82, 2.24) is 9.78 Å². The Hall–Kier alpha value is -1.36. The van der Waals surface area contributed by atoms with Crippen LogP contribution in [0, 0.1) is 0 Å². The van der Waals surface area contributed by atoms with Gasteiger partial charge in [-0.25, -0.2) is 4.68 Å². The Labute approximate surface area is 99.7 Å². The second-order valence-electron chi connectivity index (χ2n) is 4.43. The Morgan fingerprint density at radius 1 is 1.44 bits per heavy atom. The summed E-state index contributed by atoms with van der Waals surface area (Å²) in [7, 11) is 0. The first-order chi connectivity index (χ1) is 7.71. The lowest BCUT2D eigenvalue weighted by atomic mass is 10.1. The average Bonchev–Trinajstić information content (AvgIpc) is 2.92. The predicted molar refractivity (Wildman–Crippen MR) is 63.3 cm³/mol. The number of anilines is 1. The first kappa shape index (κ1) is 8.75. The van der Waals surface area contributed by atoms with Crippen LogP contribution in [0.5, 0.6) is 0 Å². The van der Waals surface area contributed by atoms with Crippen molar-refractivity contribution in [2.24, 2.45) is 0 Å². The Balaban J connectivity index is 2.16. The molecule has 4 rings (SSSR count). The van der Waals surface area contributed by atoms with Gasteiger partial charge in [0.15, 0.2) is 0 Å². The topological polar surface area (TPSA) is 46.9 Å². The van der Waals surface area contributed by atoms with Gasteiger partial charge < -0.3 is 5.32 Å². The van der Waals surface area contributed by atoms with Crippen LogP contribution in [-0.2, 0) is 10.3 Å². The minimum Gasteiger partial charge on any atom is -0.322 e. The van der Waals surface area contributed by atoms with Crippen molar-refractivity contribution in [2.45, 2.75) is 18.4 Å². The molecule has 1 aromatic carbocycles. The Morgan fingerprint density at radius 2 is 2.25 bits per heavy atom. The lowest BCUT2D eigenvalue weighted by Gasteiger charge is -2.23. The summed E-state index contributed by atoms with van der Waals surface area (Å²) in [4.78, 5) is 12.0. The van der Waals surface area contributed by atoms with E-state index in [2.05, 4.69) is 26.3 Å². The zero-order chi connectivity index (χ0) is 10.9. The SMILES string of the molecule is O=C1Nc2cc(Br)cc3cnn(c23)C12CC2. The molecule has 4 nitrogen and oxygen atoms in total. The summed E-state index contributed by atoms with van der Waals surface area (Å²) >= 11 is 3.43. The smallest absolute Gasteiger partial charge is 0.252 e. The van der Waals surface area contributed by atoms with Gasteiger partial charge in [0.25, 0.3) is 5.91 Å². The highest BCUT2D eigenvalue weighted by atomic mass is 79.9. The third-order valence-corrected chi connectivity index (χ3v) is 3.89. The summed E-state index contributed by atoms with van der Waals surface area (Å²) in [5, 5.41) is 8.41. The second kappa shape index (κ2) is 2.48. The molecule has 1 aromatic heterocycles. The van der Waals surface area contributed by atoms with Crippen LogP contribution in [0.1, 0.15) is 12.8 Å². The molecule has 1 N–H and O–H groups in total. The highest BCUT2D eigenvalue weighted by Gasteiger charge is 2.55. The van der Waals surface area contributed by atoms with Crippen LogP contribution in [0.2, 0.25) is 0 Å². The van der Waals surface area contributed by atoms with Gasteiger partial charge in [-0.3, -0.25) is 4.79 Å². The van der Waals surface area contributed by atoms with Crippen LogP contribution in [0.3, 0.4) is 0 Å². The van der Waals surface area contributed by atoms with E-state index in [9.17, 15) is 4.79 Å². The first-order valence-corrected chi connectivity index (χ1v) is 5.99. The van der Waals surface area contributed by atoms with E-state index in [0.717, 1.165) is 33.9 Å². The molecule has 0 radical (unpaired) electrons. The molecule has 1 aliphatic heterocycles. The standard InChI is InChI=1S/C11H8BrN3O/c12-7-3-6-5-13-15-9(6)8(4-7)14-10(16)11(15)1-2-11/h3-5H,1-2H2,(H,14,16). The summed E-state index contributed by atoms with van der Waals surface area (Å²) in [5.74, 6) is 0.0723. The number of hydrogen-bond donors (Lipinski definition) is 1. The lowest BCUT2D eigenvalue weighted by molar-refractivity contribution is -0.120. The average molecular weight is 278 g/mol. The zero-order valence-corrected chi connectivity index (χ0v) is 9.91. The van der Waals surface area contributed by atoms with Crippen LogP contribution in [-0.4, -0.2) is 15.7 Å². The molecule has 2 aliphatic rings. The Kier molecular flexibility index (Phi) is 1.36.